The van der Waals surface area contributed by atoms with Gasteiger partial charge in [-0.15, -0.1) is 0 Å². The molecule has 0 saturated carbocycles. The van der Waals surface area contributed by atoms with Gasteiger partial charge in [-0.1, -0.05) is 67.9 Å². The summed E-state index contributed by atoms with van der Waals surface area (Å²) in [6.07, 6.45) is 6.47. The molecule has 0 aliphatic carbocycles. The first kappa shape index (κ1) is 23.2. The van der Waals surface area contributed by atoms with Gasteiger partial charge in [0.05, 0.1) is 12.7 Å². The van der Waals surface area contributed by atoms with E-state index < -0.39 is 6.16 Å². The molecule has 0 spiro atoms. The summed E-state index contributed by atoms with van der Waals surface area (Å²) in [5.41, 5.74) is 3.91. The number of benzene rings is 2. The minimum Gasteiger partial charge on any atom is -0.449 e. The molecule has 0 amide bonds. The lowest BCUT2D eigenvalue weighted by atomic mass is 10.0. The number of hydrogen-bond donors (Lipinski definition) is 1. The van der Waals surface area contributed by atoms with Crippen LogP contribution in [0.15, 0.2) is 73.1 Å². The lowest BCUT2D eigenvalue weighted by molar-refractivity contribution is 0.144. The van der Waals surface area contributed by atoms with Crippen molar-refractivity contribution in [2.24, 2.45) is 0 Å². The number of nitrogens with zero attached hydrogens (tertiary/aromatic N) is 4. The molecule has 0 unspecified atom stereocenters. The van der Waals surface area contributed by atoms with E-state index in [1.807, 2.05) is 35.0 Å². The Bertz CT molecular complexity index is 1220. The van der Waals surface area contributed by atoms with Gasteiger partial charge in [-0.05, 0) is 35.6 Å². The fourth-order valence-corrected chi connectivity index (χ4v) is 3.84. The van der Waals surface area contributed by atoms with E-state index >= 15 is 0 Å². The highest BCUT2D eigenvalue weighted by molar-refractivity contribution is 5.73. The van der Waals surface area contributed by atoms with E-state index in [0.29, 0.717) is 12.1 Å². The van der Waals surface area contributed by atoms with Gasteiger partial charge in [-0.3, -0.25) is 4.98 Å². The number of carboxylic acid groups (broad SMARTS) is 1. The number of unbranched alkanes of at least 4 members (excludes halogenated alkanes) is 1. The molecule has 0 atom stereocenters. The first-order valence-electron chi connectivity index (χ1n) is 11.5. The van der Waals surface area contributed by atoms with Crippen molar-refractivity contribution in [3.05, 3.63) is 95.8 Å². The van der Waals surface area contributed by atoms with Crippen molar-refractivity contribution in [1.82, 2.24) is 19.7 Å². The molecule has 0 aliphatic heterocycles. The zero-order chi connectivity index (χ0) is 23.8. The number of aromatic nitrogens is 4. The Morgan fingerprint density at radius 1 is 0.971 bits per heavy atom. The number of pyridine rings is 1. The first-order chi connectivity index (χ1) is 16.6. The molecule has 1 N–H and O–H groups in total. The van der Waals surface area contributed by atoms with Crippen molar-refractivity contribution in [3.8, 4) is 16.9 Å². The Kier molecular flexibility index (Phi) is 7.65. The molecule has 7 heteroatoms. The second-order valence-electron chi connectivity index (χ2n) is 8.13. The molecule has 0 radical (unpaired) electrons. The summed E-state index contributed by atoms with van der Waals surface area (Å²) in [4.78, 5) is 19.8. The van der Waals surface area contributed by atoms with Crippen LogP contribution >= 0.6 is 0 Å². The van der Waals surface area contributed by atoms with Gasteiger partial charge >= 0.3 is 6.16 Å². The highest BCUT2D eigenvalue weighted by Crippen LogP contribution is 2.29. The van der Waals surface area contributed by atoms with Crippen molar-refractivity contribution < 1.29 is 14.6 Å². The third-order valence-electron chi connectivity index (χ3n) is 5.61. The Morgan fingerprint density at radius 3 is 2.50 bits per heavy atom. The molecule has 0 bridgehead atoms. The fourth-order valence-electron chi connectivity index (χ4n) is 3.84. The zero-order valence-electron chi connectivity index (χ0n) is 19.2. The van der Waals surface area contributed by atoms with Crippen LogP contribution in [0.3, 0.4) is 0 Å². The predicted molar refractivity (Wildman–Crippen MR) is 130 cm³/mol. The average molecular weight is 457 g/mol. The number of rotatable bonds is 10. The monoisotopic (exact) mass is 456 g/mol. The van der Waals surface area contributed by atoms with E-state index in [4.69, 9.17) is 19.9 Å². The topological polar surface area (TPSA) is 90.1 Å². The molecule has 34 heavy (non-hydrogen) atoms. The van der Waals surface area contributed by atoms with E-state index in [1.165, 1.54) is 11.8 Å². The molecule has 0 fully saturated rings. The zero-order valence-corrected chi connectivity index (χ0v) is 19.2. The lowest BCUT2D eigenvalue weighted by Gasteiger charge is -2.09. The summed E-state index contributed by atoms with van der Waals surface area (Å²) in [5.74, 6) is 2.10. The van der Waals surface area contributed by atoms with Gasteiger partial charge in [0.25, 0.3) is 0 Å². The molecule has 0 aliphatic rings. The Labute approximate surface area is 199 Å². The van der Waals surface area contributed by atoms with E-state index in [1.54, 1.807) is 12.3 Å². The molecule has 4 aromatic rings. The number of ether oxygens (including phenoxy) is 1. The van der Waals surface area contributed by atoms with Crippen LogP contribution in [0.5, 0.6) is 5.75 Å². The van der Waals surface area contributed by atoms with Gasteiger partial charge in [-0.2, -0.15) is 5.10 Å². The molecule has 174 valence electrons. The number of carbonyl (C=O) groups is 1. The summed E-state index contributed by atoms with van der Waals surface area (Å²) in [6, 6.07) is 20.1. The lowest BCUT2D eigenvalue weighted by Crippen LogP contribution is -2.07. The largest absolute Gasteiger partial charge is 0.511 e. The van der Waals surface area contributed by atoms with Gasteiger partial charge in [0.2, 0.25) is 0 Å². The van der Waals surface area contributed by atoms with Gasteiger partial charge in [0.15, 0.2) is 11.6 Å². The summed E-state index contributed by atoms with van der Waals surface area (Å²) < 4.78 is 6.88. The minimum atomic E-state index is -1.36. The average Bonchev–Trinajstić information content (AvgIpc) is 3.24. The molecule has 2 aromatic heterocycles. The molecule has 0 saturated heterocycles. The van der Waals surface area contributed by atoms with Crippen LogP contribution in [0.2, 0.25) is 0 Å². The highest BCUT2D eigenvalue weighted by Gasteiger charge is 2.13. The summed E-state index contributed by atoms with van der Waals surface area (Å²) in [5, 5.41) is 13.8. The molecule has 7 nitrogen and oxygen atoms in total. The van der Waals surface area contributed by atoms with Gasteiger partial charge in [0, 0.05) is 24.6 Å². The second kappa shape index (κ2) is 11.2. The van der Waals surface area contributed by atoms with E-state index in [-0.39, 0.29) is 5.75 Å². The van der Waals surface area contributed by atoms with Crippen LogP contribution < -0.4 is 4.74 Å². The fraction of sp³-hybridized carbons (Fsp3) is 0.259. The summed E-state index contributed by atoms with van der Waals surface area (Å²) in [6.45, 7) is 2.81. The number of hydrogen-bond acceptors (Lipinski definition) is 5. The summed E-state index contributed by atoms with van der Waals surface area (Å²) >= 11 is 0. The Balaban J connectivity index is 1.50. The maximum atomic E-state index is 11.0. The van der Waals surface area contributed by atoms with E-state index in [0.717, 1.165) is 54.9 Å². The van der Waals surface area contributed by atoms with Gasteiger partial charge < -0.3 is 9.84 Å². The highest BCUT2D eigenvalue weighted by atomic mass is 16.7. The standard InChI is InChI=1S/C27H28N4O3/c1-2-3-9-26-29-25(15-12-20-7-5-4-6-8-20)30-31(26)19-21-10-13-22(14-11-21)23-16-17-28-18-24(23)34-27(32)33/h4-8,10-11,13-14,16-18H,2-3,9,12,15,19H2,1H3,(H,32,33). The second-order valence-corrected chi connectivity index (χ2v) is 8.13. The quantitative estimate of drug-likeness (QED) is 0.314. The van der Waals surface area contributed by atoms with Crippen LogP contribution in [-0.2, 0) is 25.8 Å². The summed E-state index contributed by atoms with van der Waals surface area (Å²) in [7, 11) is 0. The minimum absolute atomic E-state index is 0.212. The Morgan fingerprint density at radius 2 is 1.76 bits per heavy atom. The smallest absolute Gasteiger partial charge is 0.449 e. The van der Waals surface area contributed by atoms with Crippen LogP contribution in [0.25, 0.3) is 11.1 Å². The maximum absolute atomic E-state index is 11.0. The molecular formula is C27H28N4O3. The normalized spacial score (nSPS) is 10.9. The third-order valence-corrected chi connectivity index (χ3v) is 5.61. The van der Waals surface area contributed by atoms with E-state index in [2.05, 4.69) is 36.2 Å². The Hall–Kier alpha value is -4.00. The third kappa shape index (κ3) is 6.07. The predicted octanol–water partition coefficient (Wildman–Crippen LogP) is 5.57. The maximum Gasteiger partial charge on any atom is 0.511 e. The van der Waals surface area contributed by atoms with Crippen LogP contribution in [0.1, 0.15) is 42.5 Å². The van der Waals surface area contributed by atoms with Crippen LogP contribution in [-0.4, -0.2) is 31.0 Å². The molecule has 2 heterocycles. The van der Waals surface area contributed by atoms with Gasteiger partial charge in [-0.25, -0.2) is 14.5 Å². The van der Waals surface area contributed by atoms with Crippen LogP contribution in [0, 0.1) is 0 Å². The van der Waals surface area contributed by atoms with E-state index in [9.17, 15) is 4.79 Å². The number of aryl methyl sites for hydroxylation is 3. The van der Waals surface area contributed by atoms with Crippen LogP contribution in [0.4, 0.5) is 4.79 Å². The molecule has 4 rings (SSSR count). The van der Waals surface area contributed by atoms with Crippen molar-refractivity contribution >= 4 is 6.16 Å². The van der Waals surface area contributed by atoms with Crippen molar-refractivity contribution in [2.75, 3.05) is 0 Å². The SMILES string of the molecule is CCCCc1nc(CCc2ccccc2)nn1Cc1ccc(-c2ccncc2OC(=O)O)cc1. The van der Waals surface area contributed by atoms with Gasteiger partial charge in [0.1, 0.15) is 5.82 Å². The van der Waals surface area contributed by atoms with Crippen molar-refractivity contribution in [3.63, 3.8) is 0 Å². The first-order valence-corrected chi connectivity index (χ1v) is 11.5. The molecule has 2 aromatic carbocycles. The van der Waals surface area contributed by atoms with Crippen molar-refractivity contribution in [2.45, 2.75) is 45.6 Å². The molecular weight excluding hydrogens is 428 g/mol. The van der Waals surface area contributed by atoms with Crippen molar-refractivity contribution in [1.29, 1.82) is 0 Å².